The molecule has 0 aromatic heterocycles. The highest BCUT2D eigenvalue weighted by Crippen LogP contribution is 2.18. The summed E-state index contributed by atoms with van der Waals surface area (Å²) in [7, 11) is 1.62. The number of ether oxygens (including phenoxy) is 2. The maximum atomic E-state index is 12.1. The van der Waals surface area contributed by atoms with Crippen molar-refractivity contribution in [2.45, 2.75) is 45.1 Å². The predicted molar refractivity (Wildman–Crippen MR) is 95.6 cm³/mol. The molecule has 1 amide bonds. The minimum Gasteiger partial charge on any atom is -0.497 e. The number of nitrogens with one attached hydrogen (secondary N) is 1. The molecule has 2 rings (SSSR count). The van der Waals surface area contributed by atoms with Gasteiger partial charge in [0.25, 0.3) is 5.91 Å². The number of amides is 1. The summed E-state index contributed by atoms with van der Waals surface area (Å²) in [4.78, 5) is 14.6. The highest BCUT2D eigenvalue weighted by atomic mass is 16.5. The zero-order chi connectivity index (χ0) is 17.2. The zero-order valence-electron chi connectivity index (χ0n) is 14.9. The van der Waals surface area contributed by atoms with Gasteiger partial charge in [-0.2, -0.15) is 0 Å². The first-order chi connectivity index (χ1) is 11.7. The van der Waals surface area contributed by atoms with E-state index in [1.54, 1.807) is 14.0 Å². The van der Waals surface area contributed by atoms with E-state index in [1.165, 1.54) is 38.8 Å². The van der Waals surface area contributed by atoms with Gasteiger partial charge in [0.2, 0.25) is 0 Å². The molecule has 0 aliphatic carbocycles. The van der Waals surface area contributed by atoms with Gasteiger partial charge in [0, 0.05) is 6.54 Å². The molecule has 1 aliphatic rings. The largest absolute Gasteiger partial charge is 0.497 e. The van der Waals surface area contributed by atoms with Gasteiger partial charge in [-0.15, -0.1) is 0 Å². The number of carbonyl (C=O) groups is 1. The van der Waals surface area contributed by atoms with Gasteiger partial charge in [-0.25, -0.2) is 0 Å². The van der Waals surface area contributed by atoms with Gasteiger partial charge in [0.1, 0.15) is 11.5 Å². The monoisotopic (exact) mass is 334 g/mol. The Morgan fingerprint density at radius 2 is 1.75 bits per heavy atom. The topological polar surface area (TPSA) is 50.8 Å². The van der Waals surface area contributed by atoms with Crippen molar-refractivity contribution >= 4 is 5.91 Å². The van der Waals surface area contributed by atoms with Crippen LogP contribution < -0.4 is 14.8 Å². The maximum Gasteiger partial charge on any atom is 0.260 e. The van der Waals surface area contributed by atoms with Crippen molar-refractivity contribution in [2.24, 2.45) is 0 Å². The summed E-state index contributed by atoms with van der Waals surface area (Å²) in [6, 6.07) is 7.26. The third kappa shape index (κ3) is 6.40. The van der Waals surface area contributed by atoms with E-state index < -0.39 is 6.10 Å². The lowest BCUT2D eigenvalue weighted by Gasteiger charge is -2.20. The van der Waals surface area contributed by atoms with Crippen LogP contribution in [0.4, 0.5) is 0 Å². The fraction of sp³-hybridized carbons (Fsp3) is 0.632. The summed E-state index contributed by atoms with van der Waals surface area (Å²) in [6.07, 6.45) is 5.80. The summed E-state index contributed by atoms with van der Waals surface area (Å²) in [6.45, 7) is 5.93. The molecule has 1 N–H and O–H groups in total. The smallest absolute Gasteiger partial charge is 0.260 e. The second-order valence-electron chi connectivity index (χ2n) is 6.34. The number of carbonyl (C=O) groups excluding carboxylic acids is 1. The average molecular weight is 334 g/mol. The molecule has 5 nitrogen and oxygen atoms in total. The van der Waals surface area contributed by atoms with Crippen LogP contribution in [-0.4, -0.2) is 50.2 Å². The zero-order valence-corrected chi connectivity index (χ0v) is 14.9. The van der Waals surface area contributed by atoms with Crippen LogP contribution in [0.15, 0.2) is 24.3 Å². The molecular formula is C19H30N2O3. The molecule has 1 aromatic rings. The van der Waals surface area contributed by atoms with Gasteiger partial charge in [-0.3, -0.25) is 4.79 Å². The van der Waals surface area contributed by atoms with Crippen LogP contribution in [-0.2, 0) is 4.79 Å². The normalized spacial score (nSPS) is 16.9. The molecule has 0 unspecified atom stereocenters. The van der Waals surface area contributed by atoms with Crippen LogP contribution in [0.1, 0.15) is 39.0 Å². The Bertz CT molecular complexity index is 482. The molecule has 0 bridgehead atoms. The van der Waals surface area contributed by atoms with Crippen molar-refractivity contribution in [3.63, 3.8) is 0 Å². The van der Waals surface area contributed by atoms with Crippen LogP contribution >= 0.6 is 0 Å². The lowest BCUT2D eigenvalue weighted by Crippen LogP contribution is -2.38. The van der Waals surface area contributed by atoms with Gasteiger partial charge >= 0.3 is 0 Å². The maximum absolute atomic E-state index is 12.1. The number of likely N-dealkylation sites (tertiary alicyclic amines) is 1. The highest BCUT2D eigenvalue weighted by Gasteiger charge is 2.14. The third-order valence-electron chi connectivity index (χ3n) is 4.39. The standard InChI is InChI=1S/C19H30N2O3/c1-16(24-18-10-8-17(23-2)9-11-18)19(22)20-12-7-15-21-13-5-3-4-6-14-21/h8-11,16H,3-7,12-15H2,1-2H3,(H,20,22)/t16-/m1/s1. The summed E-state index contributed by atoms with van der Waals surface area (Å²) in [5.41, 5.74) is 0. The van der Waals surface area contributed by atoms with Crippen molar-refractivity contribution < 1.29 is 14.3 Å². The molecule has 1 heterocycles. The van der Waals surface area contributed by atoms with E-state index >= 15 is 0 Å². The quantitative estimate of drug-likeness (QED) is 0.743. The SMILES string of the molecule is COc1ccc(O[C@H](C)C(=O)NCCCN2CCCCCC2)cc1. The van der Waals surface area contributed by atoms with E-state index in [1.807, 2.05) is 24.3 Å². The fourth-order valence-electron chi connectivity index (χ4n) is 2.93. The molecule has 1 fully saturated rings. The first kappa shape index (κ1) is 18.6. The Labute approximate surface area is 145 Å². The second-order valence-corrected chi connectivity index (χ2v) is 6.34. The first-order valence-electron chi connectivity index (χ1n) is 9.00. The van der Waals surface area contributed by atoms with Gasteiger partial charge < -0.3 is 19.7 Å². The Hall–Kier alpha value is -1.75. The number of hydrogen-bond acceptors (Lipinski definition) is 4. The summed E-state index contributed by atoms with van der Waals surface area (Å²) < 4.78 is 10.8. The molecule has 0 radical (unpaired) electrons. The van der Waals surface area contributed by atoms with Crippen LogP contribution in [0.3, 0.4) is 0 Å². The molecule has 134 valence electrons. The molecule has 5 heteroatoms. The van der Waals surface area contributed by atoms with E-state index in [4.69, 9.17) is 9.47 Å². The molecule has 24 heavy (non-hydrogen) atoms. The van der Waals surface area contributed by atoms with E-state index in [2.05, 4.69) is 10.2 Å². The van der Waals surface area contributed by atoms with Crippen molar-refractivity contribution in [2.75, 3.05) is 33.3 Å². The molecule has 1 atom stereocenters. The molecule has 0 spiro atoms. The van der Waals surface area contributed by atoms with Gasteiger partial charge in [0.05, 0.1) is 7.11 Å². The predicted octanol–water partition coefficient (Wildman–Crippen LogP) is 2.84. The average Bonchev–Trinajstić information content (AvgIpc) is 2.88. The highest BCUT2D eigenvalue weighted by molar-refractivity contribution is 5.80. The van der Waals surface area contributed by atoms with Crippen LogP contribution in [0.25, 0.3) is 0 Å². The Morgan fingerprint density at radius 1 is 1.12 bits per heavy atom. The Morgan fingerprint density at radius 3 is 2.38 bits per heavy atom. The Kier molecular flexibility index (Phi) is 7.89. The number of rotatable bonds is 8. The summed E-state index contributed by atoms with van der Waals surface area (Å²) in [5, 5.41) is 2.97. The number of methoxy groups -OCH3 is 1. The van der Waals surface area contributed by atoms with E-state index in [0.717, 1.165) is 18.7 Å². The fourth-order valence-corrected chi connectivity index (χ4v) is 2.93. The van der Waals surface area contributed by atoms with Crippen molar-refractivity contribution in [1.82, 2.24) is 10.2 Å². The van der Waals surface area contributed by atoms with Gasteiger partial charge in [0.15, 0.2) is 6.10 Å². The third-order valence-corrected chi connectivity index (χ3v) is 4.39. The van der Waals surface area contributed by atoms with Gasteiger partial charge in [-0.05, 0) is 70.1 Å². The van der Waals surface area contributed by atoms with E-state index in [9.17, 15) is 4.79 Å². The van der Waals surface area contributed by atoms with Gasteiger partial charge in [-0.1, -0.05) is 12.8 Å². The minimum atomic E-state index is -0.503. The molecule has 0 saturated carbocycles. The molecular weight excluding hydrogens is 304 g/mol. The molecule has 1 aromatic carbocycles. The minimum absolute atomic E-state index is 0.0679. The van der Waals surface area contributed by atoms with Crippen LogP contribution in [0.5, 0.6) is 11.5 Å². The first-order valence-corrected chi connectivity index (χ1v) is 9.00. The summed E-state index contributed by atoms with van der Waals surface area (Å²) in [5.74, 6) is 1.37. The van der Waals surface area contributed by atoms with Crippen molar-refractivity contribution in [3.8, 4) is 11.5 Å². The van der Waals surface area contributed by atoms with Crippen molar-refractivity contribution in [1.29, 1.82) is 0 Å². The lowest BCUT2D eigenvalue weighted by atomic mass is 10.2. The Balaban J connectivity index is 1.63. The van der Waals surface area contributed by atoms with Crippen LogP contribution in [0, 0.1) is 0 Å². The van der Waals surface area contributed by atoms with Crippen molar-refractivity contribution in [3.05, 3.63) is 24.3 Å². The number of nitrogens with zero attached hydrogens (tertiary/aromatic N) is 1. The number of hydrogen-bond donors (Lipinski definition) is 1. The van der Waals surface area contributed by atoms with Crippen LogP contribution in [0.2, 0.25) is 0 Å². The lowest BCUT2D eigenvalue weighted by molar-refractivity contribution is -0.127. The summed E-state index contributed by atoms with van der Waals surface area (Å²) >= 11 is 0. The van der Waals surface area contributed by atoms with E-state index in [0.29, 0.717) is 12.3 Å². The molecule has 1 saturated heterocycles. The van der Waals surface area contributed by atoms with E-state index in [-0.39, 0.29) is 5.91 Å². The number of benzene rings is 1. The second kappa shape index (κ2) is 10.2. The molecule has 1 aliphatic heterocycles.